The van der Waals surface area contributed by atoms with Gasteiger partial charge in [-0.25, -0.2) is 0 Å². The molecular formula is C14H19N3OS. The van der Waals surface area contributed by atoms with Crippen LogP contribution in [0, 0.1) is 13.8 Å². The molecule has 0 fully saturated rings. The SMILES string of the molecule is COCCNCc1nnc(-c2ccc(C)cc2C)s1. The highest BCUT2D eigenvalue weighted by Crippen LogP contribution is 2.27. The minimum atomic E-state index is 0.711. The highest BCUT2D eigenvalue weighted by molar-refractivity contribution is 7.14. The first-order valence-corrected chi connectivity index (χ1v) is 7.12. The number of aryl methyl sites for hydroxylation is 2. The second-order valence-corrected chi connectivity index (χ2v) is 5.55. The Morgan fingerprint density at radius 1 is 1.26 bits per heavy atom. The third-order valence-electron chi connectivity index (χ3n) is 2.84. The van der Waals surface area contributed by atoms with Crippen LogP contribution in [0.25, 0.3) is 10.6 Å². The van der Waals surface area contributed by atoms with Gasteiger partial charge in [-0.1, -0.05) is 35.1 Å². The molecule has 2 rings (SSSR count). The third-order valence-corrected chi connectivity index (χ3v) is 3.79. The standard InChI is InChI=1S/C14H19N3OS/c1-10-4-5-12(11(2)8-10)14-17-16-13(19-14)9-15-6-7-18-3/h4-5,8,15H,6-7,9H2,1-3H3. The Bertz CT molecular complexity index is 539. The fraction of sp³-hybridized carbons (Fsp3) is 0.429. The predicted octanol–water partition coefficient (Wildman–Crippen LogP) is 2.56. The summed E-state index contributed by atoms with van der Waals surface area (Å²) in [5.74, 6) is 0. The maximum Gasteiger partial charge on any atom is 0.148 e. The third kappa shape index (κ3) is 3.83. The van der Waals surface area contributed by atoms with Crippen molar-refractivity contribution in [2.45, 2.75) is 20.4 Å². The number of hydrogen-bond acceptors (Lipinski definition) is 5. The molecule has 1 N–H and O–H groups in total. The van der Waals surface area contributed by atoms with Crippen molar-refractivity contribution in [2.75, 3.05) is 20.3 Å². The quantitative estimate of drug-likeness (QED) is 0.824. The van der Waals surface area contributed by atoms with Crippen LogP contribution in [0.4, 0.5) is 0 Å². The van der Waals surface area contributed by atoms with Crippen LogP contribution in [0.1, 0.15) is 16.1 Å². The van der Waals surface area contributed by atoms with E-state index < -0.39 is 0 Å². The molecule has 0 unspecified atom stereocenters. The van der Waals surface area contributed by atoms with Gasteiger partial charge in [0.2, 0.25) is 0 Å². The Morgan fingerprint density at radius 2 is 2.11 bits per heavy atom. The van der Waals surface area contributed by atoms with Crippen LogP contribution in [-0.4, -0.2) is 30.5 Å². The zero-order valence-electron chi connectivity index (χ0n) is 11.6. The van der Waals surface area contributed by atoms with E-state index in [1.54, 1.807) is 18.4 Å². The molecule has 102 valence electrons. The van der Waals surface area contributed by atoms with E-state index in [4.69, 9.17) is 4.74 Å². The largest absolute Gasteiger partial charge is 0.383 e. The van der Waals surface area contributed by atoms with Crippen LogP contribution in [0.3, 0.4) is 0 Å². The molecule has 0 radical (unpaired) electrons. The molecule has 4 nitrogen and oxygen atoms in total. The molecule has 1 aromatic carbocycles. The van der Waals surface area contributed by atoms with E-state index >= 15 is 0 Å². The molecule has 0 bridgehead atoms. The lowest BCUT2D eigenvalue weighted by molar-refractivity contribution is 0.199. The molecule has 5 heteroatoms. The lowest BCUT2D eigenvalue weighted by atomic mass is 10.1. The average Bonchev–Trinajstić information content (AvgIpc) is 2.83. The minimum Gasteiger partial charge on any atom is -0.383 e. The van der Waals surface area contributed by atoms with Gasteiger partial charge in [0.15, 0.2) is 0 Å². The van der Waals surface area contributed by atoms with E-state index in [0.29, 0.717) is 6.61 Å². The summed E-state index contributed by atoms with van der Waals surface area (Å²) in [5.41, 5.74) is 3.69. The van der Waals surface area contributed by atoms with E-state index in [-0.39, 0.29) is 0 Å². The minimum absolute atomic E-state index is 0.711. The Hall–Kier alpha value is -1.30. The molecule has 0 aliphatic heterocycles. The number of nitrogens with zero attached hydrogens (tertiary/aromatic N) is 2. The van der Waals surface area contributed by atoms with Gasteiger partial charge in [0.05, 0.1) is 6.61 Å². The summed E-state index contributed by atoms with van der Waals surface area (Å²) >= 11 is 1.64. The fourth-order valence-electron chi connectivity index (χ4n) is 1.86. The molecule has 1 aromatic heterocycles. The van der Waals surface area contributed by atoms with Gasteiger partial charge < -0.3 is 10.1 Å². The van der Waals surface area contributed by atoms with Crippen molar-refractivity contribution < 1.29 is 4.74 Å². The van der Waals surface area contributed by atoms with Crippen LogP contribution in [0.15, 0.2) is 18.2 Å². The van der Waals surface area contributed by atoms with Crippen molar-refractivity contribution in [3.63, 3.8) is 0 Å². The molecule has 2 aromatic rings. The van der Waals surface area contributed by atoms with Crippen LogP contribution < -0.4 is 5.32 Å². The monoisotopic (exact) mass is 277 g/mol. The molecule has 0 amide bonds. The summed E-state index contributed by atoms with van der Waals surface area (Å²) in [5, 5.41) is 13.8. The lowest BCUT2D eigenvalue weighted by Crippen LogP contribution is -2.18. The van der Waals surface area contributed by atoms with Gasteiger partial charge in [-0.15, -0.1) is 10.2 Å². The van der Waals surface area contributed by atoms with Gasteiger partial charge >= 0.3 is 0 Å². The van der Waals surface area contributed by atoms with E-state index in [1.807, 2.05) is 0 Å². The molecule has 0 aliphatic carbocycles. The van der Waals surface area contributed by atoms with Crippen molar-refractivity contribution in [1.29, 1.82) is 0 Å². The lowest BCUT2D eigenvalue weighted by Gasteiger charge is -2.02. The van der Waals surface area contributed by atoms with Crippen molar-refractivity contribution in [3.8, 4) is 10.6 Å². The molecule has 0 saturated carbocycles. The topological polar surface area (TPSA) is 47.0 Å². The summed E-state index contributed by atoms with van der Waals surface area (Å²) in [4.78, 5) is 0. The number of ether oxygens (including phenoxy) is 1. The van der Waals surface area contributed by atoms with Gasteiger partial charge in [0.25, 0.3) is 0 Å². The second kappa shape index (κ2) is 6.75. The van der Waals surface area contributed by atoms with Gasteiger partial charge in [-0.05, 0) is 19.4 Å². The van der Waals surface area contributed by atoms with Crippen LogP contribution in [0.5, 0.6) is 0 Å². The summed E-state index contributed by atoms with van der Waals surface area (Å²) in [6.07, 6.45) is 0. The zero-order chi connectivity index (χ0) is 13.7. The van der Waals surface area contributed by atoms with Crippen molar-refractivity contribution in [3.05, 3.63) is 34.3 Å². The van der Waals surface area contributed by atoms with E-state index in [2.05, 4.69) is 47.6 Å². The molecule has 0 aliphatic rings. The molecule has 1 heterocycles. The Kier molecular flexibility index (Phi) is 5.01. The van der Waals surface area contributed by atoms with Crippen molar-refractivity contribution in [1.82, 2.24) is 15.5 Å². The zero-order valence-corrected chi connectivity index (χ0v) is 12.4. The predicted molar refractivity (Wildman–Crippen MR) is 78.4 cm³/mol. The number of rotatable bonds is 6. The maximum atomic E-state index is 4.99. The highest BCUT2D eigenvalue weighted by atomic mass is 32.1. The van der Waals surface area contributed by atoms with E-state index in [9.17, 15) is 0 Å². The van der Waals surface area contributed by atoms with E-state index in [1.165, 1.54) is 16.7 Å². The molecule has 19 heavy (non-hydrogen) atoms. The van der Waals surface area contributed by atoms with Gasteiger partial charge in [0, 0.05) is 25.8 Å². The Balaban J connectivity index is 2.04. The first-order chi connectivity index (χ1) is 9.20. The van der Waals surface area contributed by atoms with Crippen molar-refractivity contribution in [2.24, 2.45) is 0 Å². The number of aromatic nitrogens is 2. The Labute approximate surface area is 117 Å². The summed E-state index contributed by atoms with van der Waals surface area (Å²) in [7, 11) is 1.70. The maximum absolute atomic E-state index is 4.99. The first kappa shape index (κ1) is 14.1. The van der Waals surface area contributed by atoms with Crippen LogP contribution in [-0.2, 0) is 11.3 Å². The normalized spacial score (nSPS) is 10.9. The summed E-state index contributed by atoms with van der Waals surface area (Å²) in [6.45, 7) is 6.49. The number of methoxy groups -OCH3 is 1. The molecule has 0 spiro atoms. The van der Waals surface area contributed by atoms with Gasteiger partial charge in [-0.3, -0.25) is 0 Å². The molecular weight excluding hydrogens is 258 g/mol. The smallest absolute Gasteiger partial charge is 0.148 e. The van der Waals surface area contributed by atoms with Crippen molar-refractivity contribution >= 4 is 11.3 Å². The van der Waals surface area contributed by atoms with Crippen LogP contribution >= 0.6 is 11.3 Å². The summed E-state index contributed by atoms with van der Waals surface area (Å²) < 4.78 is 4.99. The first-order valence-electron chi connectivity index (χ1n) is 6.30. The van der Waals surface area contributed by atoms with Gasteiger partial charge in [-0.2, -0.15) is 0 Å². The Morgan fingerprint density at radius 3 is 2.84 bits per heavy atom. The highest BCUT2D eigenvalue weighted by Gasteiger charge is 2.08. The summed E-state index contributed by atoms with van der Waals surface area (Å²) in [6, 6.07) is 6.40. The van der Waals surface area contributed by atoms with E-state index in [0.717, 1.165) is 23.1 Å². The second-order valence-electron chi connectivity index (χ2n) is 4.49. The molecule has 0 saturated heterocycles. The van der Waals surface area contributed by atoms with Crippen LogP contribution in [0.2, 0.25) is 0 Å². The number of nitrogens with one attached hydrogen (secondary N) is 1. The number of hydrogen-bond donors (Lipinski definition) is 1. The average molecular weight is 277 g/mol. The number of benzene rings is 1. The van der Waals surface area contributed by atoms with Gasteiger partial charge in [0.1, 0.15) is 10.0 Å². The fourth-order valence-corrected chi connectivity index (χ4v) is 2.76. The molecule has 0 atom stereocenters.